The fourth-order valence-electron chi connectivity index (χ4n) is 5.36. The van der Waals surface area contributed by atoms with E-state index in [1.54, 1.807) is 0 Å². The Labute approximate surface area is 189 Å². The van der Waals surface area contributed by atoms with Gasteiger partial charge in [-0.25, -0.2) is 4.79 Å². The average Bonchev–Trinajstić information content (AvgIpc) is 3.19. The fourth-order valence-corrected chi connectivity index (χ4v) is 5.36. The van der Waals surface area contributed by atoms with E-state index in [1.807, 2.05) is 0 Å². The number of ether oxygens (including phenoxy) is 1. The molecule has 1 heterocycles. The summed E-state index contributed by atoms with van der Waals surface area (Å²) >= 11 is 0. The summed E-state index contributed by atoms with van der Waals surface area (Å²) in [6.45, 7) is 1.33. The second-order valence-corrected chi connectivity index (χ2v) is 9.17. The van der Waals surface area contributed by atoms with Crippen molar-refractivity contribution < 1.29 is 14.6 Å². The lowest BCUT2D eigenvalue weighted by molar-refractivity contribution is -0.142. The Balaban J connectivity index is 1.36. The highest BCUT2D eigenvalue weighted by Gasteiger charge is 2.28. The second-order valence-electron chi connectivity index (χ2n) is 9.17. The van der Waals surface area contributed by atoms with Crippen LogP contribution >= 0.6 is 0 Å². The summed E-state index contributed by atoms with van der Waals surface area (Å²) < 4.78 is 7.62. The monoisotopic (exact) mass is 430 g/mol. The van der Waals surface area contributed by atoms with E-state index < -0.39 is 5.97 Å². The maximum absolute atomic E-state index is 10.7. The summed E-state index contributed by atoms with van der Waals surface area (Å²) in [6, 6.07) is 19.3. The topological polar surface area (TPSA) is 64.3 Å². The number of rotatable bonds is 7. The van der Waals surface area contributed by atoms with Crippen LogP contribution in [-0.4, -0.2) is 34.1 Å². The molecule has 0 unspecified atom stereocenters. The normalized spacial score (nSPS) is 19.9. The molecule has 32 heavy (non-hydrogen) atoms. The molecule has 5 heteroatoms. The third kappa shape index (κ3) is 4.35. The molecule has 2 aromatic carbocycles. The molecule has 1 N–H and O–H groups in total. The number of aromatic nitrogens is 2. The summed E-state index contributed by atoms with van der Waals surface area (Å²) in [5, 5.41) is 13.9. The van der Waals surface area contributed by atoms with Crippen LogP contribution in [0.5, 0.6) is 0 Å². The van der Waals surface area contributed by atoms with E-state index in [1.165, 1.54) is 27.9 Å². The van der Waals surface area contributed by atoms with Gasteiger partial charge in [0.25, 0.3) is 0 Å². The van der Waals surface area contributed by atoms with Gasteiger partial charge in [-0.05, 0) is 61.5 Å². The Hall–Kier alpha value is -2.92. The van der Waals surface area contributed by atoms with Gasteiger partial charge in [-0.1, -0.05) is 54.6 Å². The number of carboxylic acids is 1. The van der Waals surface area contributed by atoms with Gasteiger partial charge in [0.15, 0.2) is 0 Å². The van der Waals surface area contributed by atoms with Crippen LogP contribution in [0, 0.1) is 11.8 Å². The molecule has 0 spiro atoms. The quantitative estimate of drug-likeness (QED) is 0.558. The van der Waals surface area contributed by atoms with Crippen LogP contribution < -0.4 is 0 Å². The first-order valence-electron chi connectivity index (χ1n) is 11.7. The second kappa shape index (κ2) is 9.29. The molecule has 1 saturated carbocycles. The lowest BCUT2D eigenvalue weighted by Gasteiger charge is -2.29. The van der Waals surface area contributed by atoms with Crippen molar-refractivity contribution in [3.05, 3.63) is 65.9 Å². The van der Waals surface area contributed by atoms with Crippen molar-refractivity contribution in [2.24, 2.45) is 11.8 Å². The number of aryl methyl sites for hydroxylation is 1. The molecule has 0 saturated heterocycles. The summed E-state index contributed by atoms with van der Waals surface area (Å²) in [5.74, 6) is 0.192. The summed E-state index contributed by atoms with van der Waals surface area (Å²) in [6.07, 6.45) is 6.59. The van der Waals surface area contributed by atoms with Crippen molar-refractivity contribution in [1.29, 1.82) is 0 Å². The van der Waals surface area contributed by atoms with E-state index in [0.717, 1.165) is 50.8 Å². The van der Waals surface area contributed by atoms with Crippen LogP contribution in [0.1, 0.15) is 36.9 Å². The Morgan fingerprint density at radius 1 is 0.969 bits per heavy atom. The number of hydrogen-bond acceptors (Lipinski definition) is 3. The third-order valence-corrected chi connectivity index (χ3v) is 7.00. The molecule has 5 rings (SSSR count). The van der Waals surface area contributed by atoms with Gasteiger partial charge in [-0.3, -0.25) is 4.68 Å². The molecular weight excluding hydrogens is 400 g/mol. The molecule has 2 aliphatic rings. The number of fused-ring (bicyclic) bond motifs is 3. The smallest absolute Gasteiger partial charge is 0.329 e. The average molecular weight is 431 g/mol. The Morgan fingerprint density at radius 3 is 2.47 bits per heavy atom. The van der Waals surface area contributed by atoms with Gasteiger partial charge in [-0.2, -0.15) is 5.10 Å². The van der Waals surface area contributed by atoms with Gasteiger partial charge in [-0.15, -0.1) is 0 Å². The number of benzene rings is 2. The predicted molar refractivity (Wildman–Crippen MR) is 124 cm³/mol. The standard InChI is InChI=1S/C27H30N2O3/c30-25(31)18-32-17-20-12-10-19(11-13-20)16-29-24-15-14-21-6-4-5-9-23(21)26(24)27(28-29)22-7-2-1-3-8-22/h1-9,19-20H,10-18H2,(H,30,31). The number of hydrogen-bond donors (Lipinski definition) is 1. The van der Waals surface area contributed by atoms with Gasteiger partial charge in [0.1, 0.15) is 12.3 Å². The van der Waals surface area contributed by atoms with E-state index in [-0.39, 0.29) is 6.61 Å². The zero-order valence-electron chi connectivity index (χ0n) is 18.4. The van der Waals surface area contributed by atoms with E-state index in [4.69, 9.17) is 14.9 Å². The molecule has 1 aromatic heterocycles. The van der Waals surface area contributed by atoms with Gasteiger partial charge in [0.2, 0.25) is 0 Å². The lowest BCUT2D eigenvalue weighted by atomic mass is 9.82. The van der Waals surface area contributed by atoms with Gasteiger partial charge >= 0.3 is 5.97 Å². The Morgan fingerprint density at radius 2 is 1.69 bits per heavy atom. The summed E-state index contributed by atoms with van der Waals surface area (Å²) in [5.41, 5.74) is 7.71. The summed E-state index contributed by atoms with van der Waals surface area (Å²) in [4.78, 5) is 10.7. The molecule has 0 bridgehead atoms. The van der Waals surface area contributed by atoms with Crippen molar-refractivity contribution in [2.45, 2.75) is 45.1 Å². The lowest BCUT2D eigenvalue weighted by Crippen LogP contribution is -2.24. The van der Waals surface area contributed by atoms with Gasteiger partial charge in [0, 0.05) is 23.4 Å². The Kier molecular flexibility index (Phi) is 6.08. The van der Waals surface area contributed by atoms with Crippen molar-refractivity contribution in [3.63, 3.8) is 0 Å². The predicted octanol–water partition coefficient (Wildman–Crippen LogP) is 5.22. The number of aliphatic carboxylic acids is 1. The maximum Gasteiger partial charge on any atom is 0.329 e. The van der Waals surface area contributed by atoms with Gasteiger partial charge < -0.3 is 9.84 Å². The van der Waals surface area contributed by atoms with Crippen molar-refractivity contribution in [2.75, 3.05) is 13.2 Å². The first kappa shape index (κ1) is 21.0. The molecule has 166 valence electrons. The van der Waals surface area contributed by atoms with E-state index in [9.17, 15) is 4.79 Å². The van der Waals surface area contributed by atoms with Crippen molar-refractivity contribution in [3.8, 4) is 22.4 Å². The molecular formula is C27H30N2O3. The van der Waals surface area contributed by atoms with E-state index >= 15 is 0 Å². The van der Waals surface area contributed by atoms with Crippen molar-refractivity contribution >= 4 is 5.97 Å². The highest BCUT2D eigenvalue weighted by atomic mass is 16.5. The number of nitrogens with zero attached hydrogens (tertiary/aromatic N) is 2. The third-order valence-electron chi connectivity index (χ3n) is 7.00. The minimum Gasteiger partial charge on any atom is -0.480 e. The Bertz CT molecular complexity index is 1080. The highest BCUT2D eigenvalue weighted by Crippen LogP contribution is 2.41. The summed E-state index contributed by atoms with van der Waals surface area (Å²) in [7, 11) is 0. The zero-order chi connectivity index (χ0) is 21.9. The van der Waals surface area contributed by atoms with Crippen LogP contribution in [0.4, 0.5) is 0 Å². The molecule has 0 amide bonds. The van der Waals surface area contributed by atoms with Crippen LogP contribution in [0.3, 0.4) is 0 Å². The highest BCUT2D eigenvalue weighted by molar-refractivity contribution is 5.85. The van der Waals surface area contributed by atoms with E-state index in [0.29, 0.717) is 18.4 Å². The first-order chi connectivity index (χ1) is 15.7. The van der Waals surface area contributed by atoms with Crippen LogP contribution in [0.2, 0.25) is 0 Å². The van der Waals surface area contributed by atoms with Crippen LogP contribution in [0.25, 0.3) is 22.4 Å². The number of carbonyl (C=O) groups is 1. The SMILES string of the molecule is O=C(O)COCC1CCC(Cn2nc(-c3ccccc3)c3c2CCc2ccccc2-3)CC1. The first-order valence-corrected chi connectivity index (χ1v) is 11.7. The zero-order valence-corrected chi connectivity index (χ0v) is 18.4. The van der Waals surface area contributed by atoms with Crippen LogP contribution in [-0.2, 0) is 28.9 Å². The minimum atomic E-state index is -0.891. The van der Waals surface area contributed by atoms with Crippen molar-refractivity contribution in [1.82, 2.24) is 9.78 Å². The van der Waals surface area contributed by atoms with E-state index in [2.05, 4.69) is 59.3 Å². The largest absolute Gasteiger partial charge is 0.480 e. The molecule has 0 aliphatic heterocycles. The van der Waals surface area contributed by atoms with Gasteiger partial charge in [0.05, 0.1) is 6.61 Å². The molecule has 1 fully saturated rings. The molecule has 3 aromatic rings. The minimum absolute atomic E-state index is 0.191. The maximum atomic E-state index is 10.7. The number of carboxylic acid groups (broad SMARTS) is 1. The fraction of sp³-hybridized carbons (Fsp3) is 0.407. The molecule has 0 atom stereocenters. The molecule has 2 aliphatic carbocycles. The van der Waals surface area contributed by atoms with Crippen LogP contribution in [0.15, 0.2) is 54.6 Å². The molecule has 0 radical (unpaired) electrons. The molecule has 5 nitrogen and oxygen atoms in total.